The molecule has 0 saturated carbocycles. The molecule has 0 radical (unpaired) electrons. The first-order valence-electron chi connectivity index (χ1n) is 9.82. The van der Waals surface area contributed by atoms with Crippen molar-refractivity contribution in [2.45, 2.75) is 40.0 Å². The zero-order valence-corrected chi connectivity index (χ0v) is 17.7. The number of carbonyl (C=O) groups excluding carboxylic acids is 2. The van der Waals surface area contributed by atoms with Crippen LogP contribution in [0.15, 0.2) is 12.1 Å². The Morgan fingerprint density at radius 1 is 1.03 bits per heavy atom. The van der Waals surface area contributed by atoms with Crippen molar-refractivity contribution in [2.75, 3.05) is 25.1 Å². The monoisotopic (exact) mass is 418 g/mol. The highest BCUT2D eigenvalue weighted by Gasteiger charge is 2.27. The van der Waals surface area contributed by atoms with Crippen LogP contribution in [-0.2, 0) is 12.8 Å². The lowest BCUT2D eigenvalue weighted by Gasteiger charge is -2.17. The van der Waals surface area contributed by atoms with Gasteiger partial charge in [0.1, 0.15) is 5.00 Å². The maximum Gasteiger partial charge on any atom is 0.256 e. The van der Waals surface area contributed by atoms with E-state index >= 15 is 0 Å². The van der Waals surface area contributed by atoms with Crippen LogP contribution < -0.4 is 25.3 Å². The fourth-order valence-electron chi connectivity index (χ4n) is 3.45. The van der Waals surface area contributed by atoms with E-state index in [1.807, 2.05) is 20.8 Å². The van der Waals surface area contributed by atoms with Crippen molar-refractivity contribution >= 4 is 28.2 Å². The lowest BCUT2D eigenvalue weighted by atomic mass is 10.1. The molecule has 7 nitrogen and oxygen atoms in total. The van der Waals surface area contributed by atoms with E-state index in [1.54, 1.807) is 12.1 Å². The molecule has 0 spiro atoms. The van der Waals surface area contributed by atoms with Crippen LogP contribution in [0.25, 0.3) is 0 Å². The Hall–Kier alpha value is -2.74. The summed E-state index contributed by atoms with van der Waals surface area (Å²) in [5.41, 5.74) is 7.33. The number of primary amides is 1. The van der Waals surface area contributed by atoms with Crippen LogP contribution in [0.3, 0.4) is 0 Å². The summed E-state index contributed by atoms with van der Waals surface area (Å²) in [4.78, 5) is 26.1. The lowest BCUT2D eigenvalue weighted by molar-refractivity contribution is 0.100. The van der Waals surface area contributed by atoms with Crippen LogP contribution in [0, 0.1) is 0 Å². The van der Waals surface area contributed by atoms with E-state index in [4.69, 9.17) is 19.9 Å². The Balaban J connectivity index is 1.96. The van der Waals surface area contributed by atoms with E-state index in [0.29, 0.717) is 53.2 Å². The number of amides is 2. The van der Waals surface area contributed by atoms with Gasteiger partial charge in [-0.3, -0.25) is 9.59 Å². The number of aryl methyl sites for hydroxylation is 1. The van der Waals surface area contributed by atoms with Gasteiger partial charge >= 0.3 is 0 Å². The summed E-state index contributed by atoms with van der Waals surface area (Å²) >= 11 is 1.42. The zero-order chi connectivity index (χ0) is 21.0. The molecule has 156 valence electrons. The van der Waals surface area contributed by atoms with E-state index in [0.717, 1.165) is 29.7 Å². The Bertz CT molecular complexity index is 895. The molecule has 0 fully saturated rings. The number of nitrogens with one attached hydrogen (secondary N) is 1. The number of hydrogen-bond donors (Lipinski definition) is 2. The Labute approximate surface area is 174 Å². The molecule has 0 bridgehead atoms. The number of nitrogens with two attached hydrogens (primary N) is 1. The van der Waals surface area contributed by atoms with Crippen LogP contribution >= 0.6 is 11.3 Å². The zero-order valence-electron chi connectivity index (χ0n) is 16.9. The average molecular weight is 419 g/mol. The van der Waals surface area contributed by atoms with Crippen molar-refractivity contribution in [3.05, 3.63) is 33.7 Å². The number of anilines is 1. The minimum Gasteiger partial charge on any atom is -0.490 e. The van der Waals surface area contributed by atoms with E-state index in [2.05, 4.69) is 5.32 Å². The second kappa shape index (κ2) is 9.17. The normalized spacial score (nSPS) is 12.4. The van der Waals surface area contributed by atoms with Gasteiger partial charge in [-0.1, -0.05) is 0 Å². The molecule has 3 rings (SSSR count). The van der Waals surface area contributed by atoms with Gasteiger partial charge in [-0.05, 0) is 57.7 Å². The second-order valence-corrected chi connectivity index (χ2v) is 7.59. The summed E-state index contributed by atoms with van der Waals surface area (Å²) in [5, 5.41) is 3.35. The topological polar surface area (TPSA) is 99.9 Å². The predicted octanol–water partition coefficient (Wildman–Crippen LogP) is 3.78. The first kappa shape index (κ1) is 21.0. The van der Waals surface area contributed by atoms with E-state index in [9.17, 15) is 9.59 Å². The molecule has 1 aromatic carbocycles. The number of hydrogen-bond acceptors (Lipinski definition) is 6. The average Bonchev–Trinajstić information content (AvgIpc) is 3.24. The third kappa shape index (κ3) is 4.32. The van der Waals surface area contributed by atoms with Crippen molar-refractivity contribution in [2.24, 2.45) is 5.73 Å². The Morgan fingerprint density at radius 2 is 1.66 bits per heavy atom. The highest BCUT2D eigenvalue weighted by Crippen LogP contribution is 2.41. The number of thiophene rings is 1. The van der Waals surface area contributed by atoms with Gasteiger partial charge < -0.3 is 25.3 Å². The maximum atomic E-state index is 13.0. The Kier molecular flexibility index (Phi) is 6.64. The minimum absolute atomic E-state index is 0.351. The van der Waals surface area contributed by atoms with Crippen molar-refractivity contribution in [1.82, 2.24) is 0 Å². The molecule has 1 aromatic heterocycles. The molecule has 1 aliphatic carbocycles. The van der Waals surface area contributed by atoms with Crippen LogP contribution in [0.5, 0.6) is 17.2 Å². The van der Waals surface area contributed by atoms with E-state index < -0.39 is 5.91 Å². The molecule has 1 aliphatic rings. The smallest absolute Gasteiger partial charge is 0.256 e. The second-order valence-electron chi connectivity index (χ2n) is 6.48. The van der Waals surface area contributed by atoms with Gasteiger partial charge in [0.05, 0.1) is 25.4 Å². The van der Waals surface area contributed by atoms with Crippen LogP contribution in [0.2, 0.25) is 0 Å². The third-order valence-electron chi connectivity index (χ3n) is 4.57. The highest BCUT2D eigenvalue weighted by atomic mass is 32.1. The largest absolute Gasteiger partial charge is 0.490 e. The third-order valence-corrected chi connectivity index (χ3v) is 5.77. The van der Waals surface area contributed by atoms with Gasteiger partial charge in [0.25, 0.3) is 11.8 Å². The van der Waals surface area contributed by atoms with Gasteiger partial charge in [0.15, 0.2) is 11.5 Å². The van der Waals surface area contributed by atoms with Crippen LogP contribution in [-0.4, -0.2) is 31.6 Å². The number of benzene rings is 1. The summed E-state index contributed by atoms with van der Waals surface area (Å²) in [7, 11) is 0. The van der Waals surface area contributed by atoms with Gasteiger partial charge in [0, 0.05) is 10.4 Å². The summed E-state index contributed by atoms with van der Waals surface area (Å²) in [6.45, 7) is 6.85. The molecule has 0 aliphatic heterocycles. The summed E-state index contributed by atoms with van der Waals surface area (Å²) in [6, 6.07) is 3.25. The number of carbonyl (C=O) groups is 2. The molecule has 29 heavy (non-hydrogen) atoms. The number of ether oxygens (including phenoxy) is 3. The quantitative estimate of drug-likeness (QED) is 0.645. The van der Waals surface area contributed by atoms with Crippen molar-refractivity contribution in [1.29, 1.82) is 0 Å². The van der Waals surface area contributed by atoms with Crippen LogP contribution in [0.1, 0.15) is 58.3 Å². The highest BCUT2D eigenvalue weighted by molar-refractivity contribution is 7.17. The minimum atomic E-state index is -0.517. The Morgan fingerprint density at radius 3 is 2.21 bits per heavy atom. The fraction of sp³-hybridized carbons (Fsp3) is 0.429. The first-order chi connectivity index (χ1) is 14.0. The predicted molar refractivity (Wildman–Crippen MR) is 113 cm³/mol. The molecule has 2 aromatic rings. The van der Waals surface area contributed by atoms with E-state index in [-0.39, 0.29) is 5.91 Å². The van der Waals surface area contributed by atoms with Gasteiger partial charge in [-0.2, -0.15) is 0 Å². The van der Waals surface area contributed by atoms with Gasteiger partial charge in [-0.25, -0.2) is 0 Å². The molecule has 0 atom stereocenters. The molecule has 0 saturated heterocycles. The van der Waals surface area contributed by atoms with Crippen LogP contribution in [0.4, 0.5) is 5.00 Å². The summed E-state index contributed by atoms with van der Waals surface area (Å²) < 4.78 is 17.0. The number of fused-ring (bicyclic) bond motifs is 1. The molecular formula is C21H26N2O5S. The SMILES string of the molecule is CCOc1cc(C(=O)Nc2sc3c(c2C(N)=O)CCC3)cc(OCC)c1OCC. The molecule has 2 amide bonds. The molecule has 3 N–H and O–H groups in total. The standard InChI is InChI=1S/C21H26N2O5S/c1-4-26-14-10-12(11-15(27-5-2)18(14)28-6-3)20(25)23-21-17(19(22)24)13-8-7-9-16(13)29-21/h10-11H,4-9H2,1-3H3,(H2,22,24)(H,23,25). The van der Waals surface area contributed by atoms with E-state index in [1.165, 1.54) is 11.3 Å². The molecule has 0 unspecified atom stereocenters. The molecule has 8 heteroatoms. The number of rotatable bonds is 9. The lowest BCUT2D eigenvalue weighted by Crippen LogP contribution is -2.18. The molecule has 1 heterocycles. The van der Waals surface area contributed by atoms with Crippen molar-refractivity contribution in [3.63, 3.8) is 0 Å². The summed E-state index contributed by atoms with van der Waals surface area (Å²) in [6.07, 6.45) is 2.72. The van der Waals surface area contributed by atoms with Crippen molar-refractivity contribution in [3.8, 4) is 17.2 Å². The fourth-order valence-corrected chi connectivity index (χ4v) is 4.74. The first-order valence-corrected chi connectivity index (χ1v) is 10.6. The van der Waals surface area contributed by atoms with Gasteiger partial charge in [0.2, 0.25) is 5.75 Å². The van der Waals surface area contributed by atoms with Gasteiger partial charge in [-0.15, -0.1) is 11.3 Å². The molecular weight excluding hydrogens is 392 g/mol. The summed E-state index contributed by atoms with van der Waals surface area (Å²) in [5.74, 6) is 0.470. The maximum absolute atomic E-state index is 13.0. The van der Waals surface area contributed by atoms with Crippen molar-refractivity contribution < 1.29 is 23.8 Å².